The summed E-state index contributed by atoms with van der Waals surface area (Å²) in [5, 5.41) is 0. The van der Waals surface area contributed by atoms with E-state index in [0.29, 0.717) is 6.92 Å². The molecule has 134 valence electrons. The van der Waals surface area contributed by atoms with Crippen LogP contribution in [0.4, 0.5) is 8.78 Å². The molecule has 1 aliphatic heterocycles. The van der Waals surface area contributed by atoms with Gasteiger partial charge in [0, 0.05) is 6.92 Å². The predicted octanol–water partition coefficient (Wildman–Crippen LogP) is 2.44. The molecule has 0 radical (unpaired) electrons. The molecule has 1 aliphatic rings. The third-order valence-corrected chi connectivity index (χ3v) is 2.81. The molecule has 0 N–H and O–H groups in total. The maximum Gasteiger partial charge on any atom is 0.376 e. The molecule has 0 bridgehead atoms. The van der Waals surface area contributed by atoms with Crippen LogP contribution < -0.4 is 0 Å². The summed E-state index contributed by atoms with van der Waals surface area (Å²) < 4.78 is 46.4. The van der Waals surface area contributed by atoms with Crippen molar-refractivity contribution in [3.8, 4) is 0 Å². The highest BCUT2D eigenvalue weighted by molar-refractivity contribution is 5.77. The maximum atomic E-state index is 12.8. The Morgan fingerprint density at radius 1 is 1.09 bits per heavy atom. The molecular weight excluding hydrogens is 314 g/mol. The topological polar surface area (TPSA) is 71.1 Å². The lowest BCUT2D eigenvalue weighted by Gasteiger charge is -2.22. The number of ether oxygens (including phenoxy) is 4. The Hall–Kier alpha value is -1.28. The molecule has 6 nitrogen and oxygen atoms in total. The van der Waals surface area contributed by atoms with Crippen LogP contribution in [0, 0.1) is 0 Å². The number of halogens is 2. The molecule has 1 saturated heterocycles. The third-order valence-electron chi connectivity index (χ3n) is 2.81. The zero-order valence-electron chi connectivity index (χ0n) is 14.3. The Morgan fingerprint density at radius 2 is 1.61 bits per heavy atom. The first-order valence-corrected chi connectivity index (χ1v) is 7.32. The molecule has 0 saturated carbocycles. The van der Waals surface area contributed by atoms with E-state index in [1.807, 2.05) is 0 Å². The van der Waals surface area contributed by atoms with Crippen molar-refractivity contribution in [2.75, 3.05) is 6.61 Å². The van der Waals surface area contributed by atoms with Crippen molar-refractivity contribution < 1.29 is 37.3 Å². The summed E-state index contributed by atoms with van der Waals surface area (Å²) in [6, 6.07) is 0. The van der Waals surface area contributed by atoms with E-state index in [-0.39, 0.29) is 6.42 Å². The molecule has 1 heterocycles. The maximum absolute atomic E-state index is 12.8. The molecule has 1 rings (SSSR count). The Morgan fingerprint density at radius 3 is 2.09 bits per heavy atom. The fourth-order valence-corrected chi connectivity index (χ4v) is 2.06. The van der Waals surface area contributed by atoms with Crippen LogP contribution >= 0.6 is 0 Å². The van der Waals surface area contributed by atoms with Gasteiger partial charge < -0.3 is 18.9 Å². The van der Waals surface area contributed by atoms with Gasteiger partial charge in [-0.15, -0.1) is 0 Å². The minimum Gasteiger partial charge on any atom is -0.460 e. The molecule has 0 spiro atoms. The molecule has 0 aromatic rings. The van der Waals surface area contributed by atoms with Gasteiger partial charge >= 0.3 is 17.9 Å². The van der Waals surface area contributed by atoms with Gasteiger partial charge in [0.2, 0.25) is 0 Å². The standard InChI is InChI=1S/C15H24F2O6/c1-13(2,3)23-11(18)7-9-10(22-14(4,5)21-9)8-20-12(19)15(6,16)17/h9-10H,7-8H2,1-6H3. The van der Waals surface area contributed by atoms with E-state index in [1.165, 1.54) is 0 Å². The molecule has 0 aromatic heterocycles. The van der Waals surface area contributed by atoms with E-state index in [2.05, 4.69) is 4.74 Å². The van der Waals surface area contributed by atoms with Crippen LogP contribution in [0.3, 0.4) is 0 Å². The van der Waals surface area contributed by atoms with Crippen molar-refractivity contribution in [3.63, 3.8) is 0 Å². The van der Waals surface area contributed by atoms with Gasteiger partial charge in [0.1, 0.15) is 24.4 Å². The molecule has 1 fully saturated rings. The molecule has 0 aliphatic carbocycles. The summed E-state index contributed by atoms with van der Waals surface area (Å²) in [7, 11) is 0. The largest absolute Gasteiger partial charge is 0.460 e. The lowest BCUT2D eigenvalue weighted by atomic mass is 10.1. The average Bonchev–Trinajstić information content (AvgIpc) is 2.56. The Balaban J connectivity index is 2.65. The molecule has 23 heavy (non-hydrogen) atoms. The van der Waals surface area contributed by atoms with Crippen LogP contribution in [0.1, 0.15) is 48.0 Å². The number of carbonyl (C=O) groups excluding carboxylic acids is 2. The van der Waals surface area contributed by atoms with E-state index >= 15 is 0 Å². The van der Waals surface area contributed by atoms with Crippen LogP contribution in [0.5, 0.6) is 0 Å². The van der Waals surface area contributed by atoms with Crippen LogP contribution in [0.15, 0.2) is 0 Å². The van der Waals surface area contributed by atoms with Crippen LogP contribution in [-0.4, -0.2) is 48.1 Å². The number of hydrogen-bond donors (Lipinski definition) is 0. The first kappa shape index (κ1) is 19.8. The number of hydrogen-bond acceptors (Lipinski definition) is 6. The van der Waals surface area contributed by atoms with E-state index < -0.39 is 48.1 Å². The minimum absolute atomic E-state index is 0.133. The number of alkyl halides is 2. The highest BCUT2D eigenvalue weighted by atomic mass is 19.3. The fraction of sp³-hybridized carbons (Fsp3) is 0.867. The highest BCUT2D eigenvalue weighted by Crippen LogP contribution is 2.31. The fourth-order valence-electron chi connectivity index (χ4n) is 2.06. The normalized spacial score (nSPS) is 24.3. The Kier molecular flexibility index (Phi) is 5.74. The van der Waals surface area contributed by atoms with Crippen LogP contribution in [-0.2, 0) is 28.5 Å². The predicted molar refractivity (Wildman–Crippen MR) is 75.9 cm³/mol. The average molecular weight is 338 g/mol. The van der Waals surface area contributed by atoms with Crippen LogP contribution in [0.2, 0.25) is 0 Å². The van der Waals surface area contributed by atoms with Crippen molar-refractivity contribution >= 4 is 11.9 Å². The van der Waals surface area contributed by atoms with E-state index in [1.54, 1.807) is 34.6 Å². The lowest BCUT2D eigenvalue weighted by molar-refractivity contribution is -0.177. The zero-order chi connectivity index (χ0) is 18.1. The quantitative estimate of drug-likeness (QED) is 0.717. The van der Waals surface area contributed by atoms with E-state index in [0.717, 1.165) is 0 Å². The number of carbonyl (C=O) groups is 2. The Labute approximate surface area is 134 Å². The number of esters is 2. The van der Waals surface area contributed by atoms with Crippen LogP contribution in [0.25, 0.3) is 0 Å². The van der Waals surface area contributed by atoms with Crippen molar-refractivity contribution in [2.45, 2.75) is 77.5 Å². The van der Waals surface area contributed by atoms with Crippen molar-refractivity contribution in [1.82, 2.24) is 0 Å². The summed E-state index contributed by atoms with van der Waals surface area (Å²) in [6.45, 7) is 8.43. The number of rotatable bonds is 5. The molecule has 2 unspecified atom stereocenters. The zero-order valence-corrected chi connectivity index (χ0v) is 14.3. The van der Waals surface area contributed by atoms with E-state index in [9.17, 15) is 18.4 Å². The summed E-state index contributed by atoms with van der Waals surface area (Å²) in [5.41, 5.74) is -0.654. The molecule has 0 amide bonds. The molecule has 0 aromatic carbocycles. The van der Waals surface area contributed by atoms with Gasteiger partial charge in [-0.2, -0.15) is 8.78 Å². The van der Waals surface area contributed by atoms with Crippen molar-refractivity contribution in [2.24, 2.45) is 0 Å². The third kappa shape index (κ3) is 6.78. The summed E-state index contributed by atoms with van der Waals surface area (Å²) >= 11 is 0. The van der Waals surface area contributed by atoms with Crippen molar-refractivity contribution in [3.05, 3.63) is 0 Å². The minimum atomic E-state index is -3.59. The second-order valence-corrected chi connectivity index (χ2v) is 6.99. The van der Waals surface area contributed by atoms with Gasteiger partial charge in [0.25, 0.3) is 0 Å². The van der Waals surface area contributed by atoms with Gasteiger partial charge in [-0.05, 0) is 34.6 Å². The summed E-state index contributed by atoms with van der Waals surface area (Å²) in [4.78, 5) is 23.0. The highest BCUT2D eigenvalue weighted by Gasteiger charge is 2.44. The lowest BCUT2D eigenvalue weighted by Crippen LogP contribution is -2.36. The van der Waals surface area contributed by atoms with Gasteiger partial charge in [-0.25, -0.2) is 4.79 Å². The SMILES string of the molecule is CC(C)(C)OC(=O)CC1OC(C)(C)OC1COC(=O)C(C)(F)F. The second-order valence-electron chi connectivity index (χ2n) is 6.99. The van der Waals surface area contributed by atoms with Gasteiger partial charge in [0.15, 0.2) is 5.79 Å². The summed E-state index contributed by atoms with van der Waals surface area (Å²) in [6.07, 6.45) is -1.72. The Bertz CT molecular complexity index is 450. The molecule has 8 heteroatoms. The smallest absolute Gasteiger partial charge is 0.376 e. The van der Waals surface area contributed by atoms with Gasteiger partial charge in [-0.3, -0.25) is 4.79 Å². The van der Waals surface area contributed by atoms with Crippen molar-refractivity contribution in [1.29, 1.82) is 0 Å². The van der Waals surface area contributed by atoms with E-state index in [4.69, 9.17) is 14.2 Å². The van der Waals surface area contributed by atoms with Gasteiger partial charge in [0.05, 0.1) is 6.42 Å². The molecular formula is C15H24F2O6. The second kappa shape index (κ2) is 6.68. The first-order valence-electron chi connectivity index (χ1n) is 7.32. The molecule has 2 atom stereocenters. The monoisotopic (exact) mass is 338 g/mol. The first-order chi connectivity index (χ1) is 10.2. The van der Waals surface area contributed by atoms with Gasteiger partial charge in [-0.1, -0.05) is 0 Å². The summed E-state index contributed by atoms with van der Waals surface area (Å²) in [5.74, 6) is -6.77.